The molecule has 1 aromatic heterocycles. The third kappa shape index (κ3) is 1.81. The van der Waals surface area contributed by atoms with Gasteiger partial charge in [0, 0.05) is 30.7 Å². The Balaban J connectivity index is 2.77. The van der Waals surface area contributed by atoms with Crippen molar-refractivity contribution in [1.29, 1.82) is 0 Å². The molecule has 0 spiro atoms. The number of aromatic nitrogens is 2. The molecule has 0 amide bonds. The highest BCUT2D eigenvalue weighted by Gasteiger charge is 2.17. The molecule has 0 saturated carbocycles. The van der Waals surface area contributed by atoms with Crippen molar-refractivity contribution in [3.8, 4) is 0 Å². The standard InChI is InChI=1S/C9H15ClN2/c1-4-8(10)7(2)9-11-5-6-12(9)3/h5-8H,4H2,1-3H3. The summed E-state index contributed by atoms with van der Waals surface area (Å²) in [6, 6.07) is 0. The number of hydrogen-bond donors (Lipinski definition) is 0. The van der Waals surface area contributed by atoms with E-state index in [4.69, 9.17) is 11.6 Å². The van der Waals surface area contributed by atoms with Crippen LogP contribution in [0.5, 0.6) is 0 Å². The normalized spacial score (nSPS) is 16.0. The van der Waals surface area contributed by atoms with Gasteiger partial charge in [-0.25, -0.2) is 4.98 Å². The Morgan fingerprint density at radius 2 is 2.33 bits per heavy atom. The van der Waals surface area contributed by atoms with E-state index in [2.05, 4.69) is 18.8 Å². The van der Waals surface area contributed by atoms with E-state index in [1.165, 1.54) is 0 Å². The summed E-state index contributed by atoms with van der Waals surface area (Å²) in [5.74, 6) is 1.40. The van der Waals surface area contributed by atoms with Crippen LogP contribution in [-0.2, 0) is 7.05 Å². The minimum Gasteiger partial charge on any atom is -0.338 e. The molecule has 2 unspecified atom stereocenters. The van der Waals surface area contributed by atoms with Gasteiger partial charge in [0.15, 0.2) is 0 Å². The van der Waals surface area contributed by atoms with E-state index < -0.39 is 0 Å². The number of halogens is 1. The summed E-state index contributed by atoms with van der Waals surface area (Å²) in [6.45, 7) is 4.21. The third-order valence-corrected chi connectivity index (χ3v) is 2.88. The third-order valence-electron chi connectivity index (χ3n) is 2.20. The van der Waals surface area contributed by atoms with Crippen LogP contribution in [0.4, 0.5) is 0 Å². The van der Waals surface area contributed by atoms with Crippen LogP contribution in [0.15, 0.2) is 12.4 Å². The topological polar surface area (TPSA) is 17.8 Å². The Morgan fingerprint density at radius 3 is 2.75 bits per heavy atom. The molecule has 0 saturated heterocycles. The van der Waals surface area contributed by atoms with Crippen molar-refractivity contribution >= 4 is 11.6 Å². The van der Waals surface area contributed by atoms with Crippen LogP contribution in [0.1, 0.15) is 32.0 Å². The molecule has 0 aromatic carbocycles. The fraction of sp³-hybridized carbons (Fsp3) is 0.667. The maximum absolute atomic E-state index is 6.13. The number of imidazole rings is 1. The molecule has 1 aromatic rings. The van der Waals surface area contributed by atoms with Crippen molar-refractivity contribution in [3.05, 3.63) is 18.2 Å². The van der Waals surface area contributed by atoms with Crippen molar-refractivity contribution in [2.24, 2.45) is 7.05 Å². The van der Waals surface area contributed by atoms with Crippen LogP contribution >= 0.6 is 11.6 Å². The Kier molecular flexibility index (Phi) is 3.15. The zero-order valence-electron chi connectivity index (χ0n) is 7.79. The Labute approximate surface area is 78.6 Å². The zero-order valence-corrected chi connectivity index (χ0v) is 8.54. The van der Waals surface area contributed by atoms with Crippen molar-refractivity contribution < 1.29 is 0 Å². The smallest absolute Gasteiger partial charge is 0.112 e. The summed E-state index contributed by atoms with van der Waals surface area (Å²) in [5, 5.41) is 0.186. The summed E-state index contributed by atoms with van der Waals surface area (Å²) >= 11 is 6.13. The molecule has 2 nitrogen and oxygen atoms in total. The molecular formula is C9H15ClN2. The first-order valence-corrected chi connectivity index (χ1v) is 4.71. The average molecular weight is 187 g/mol. The molecule has 12 heavy (non-hydrogen) atoms. The number of nitrogens with zero attached hydrogens (tertiary/aromatic N) is 2. The lowest BCUT2D eigenvalue weighted by Crippen LogP contribution is -2.12. The van der Waals surface area contributed by atoms with Gasteiger partial charge in [0.2, 0.25) is 0 Å². The highest BCUT2D eigenvalue weighted by Crippen LogP contribution is 2.23. The van der Waals surface area contributed by atoms with Gasteiger partial charge in [-0.15, -0.1) is 11.6 Å². The Bertz CT molecular complexity index is 244. The lowest BCUT2D eigenvalue weighted by molar-refractivity contribution is 0.609. The first kappa shape index (κ1) is 9.59. The molecule has 0 aliphatic carbocycles. The fourth-order valence-electron chi connectivity index (χ4n) is 1.33. The molecule has 0 aliphatic heterocycles. The summed E-state index contributed by atoms with van der Waals surface area (Å²) in [4.78, 5) is 4.26. The van der Waals surface area contributed by atoms with Crippen LogP contribution in [0, 0.1) is 0 Å². The monoisotopic (exact) mass is 186 g/mol. The Morgan fingerprint density at radius 1 is 1.67 bits per heavy atom. The van der Waals surface area contributed by atoms with Gasteiger partial charge < -0.3 is 4.57 Å². The molecule has 3 heteroatoms. The summed E-state index contributed by atoms with van der Waals surface area (Å²) in [6.07, 6.45) is 4.74. The second kappa shape index (κ2) is 3.94. The maximum atomic E-state index is 6.13. The van der Waals surface area contributed by atoms with E-state index in [1.807, 2.05) is 24.0 Å². The van der Waals surface area contributed by atoms with Crippen molar-refractivity contribution in [1.82, 2.24) is 9.55 Å². The van der Waals surface area contributed by atoms with Gasteiger partial charge in [0.1, 0.15) is 5.82 Å². The van der Waals surface area contributed by atoms with Crippen LogP contribution in [0.2, 0.25) is 0 Å². The van der Waals surface area contributed by atoms with E-state index in [-0.39, 0.29) is 5.38 Å². The molecular weight excluding hydrogens is 172 g/mol. The second-order valence-corrected chi connectivity index (χ2v) is 3.67. The predicted octanol–water partition coefficient (Wildman–Crippen LogP) is 2.54. The minimum atomic E-state index is 0.186. The van der Waals surface area contributed by atoms with Crippen LogP contribution < -0.4 is 0 Å². The van der Waals surface area contributed by atoms with Crippen molar-refractivity contribution in [2.45, 2.75) is 31.6 Å². The number of rotatable bonds is 3. The second-order valence-electron chi connectivity index (χ2n) is 3.11. The quantitative estimate of drug-likeness (QED) is 0.664. The van der Waals surface area contributed by atoms with Gasteiger partial charge in [-0.2, -0.15) is 0 Å². The zero-order chi connectivity index (χ0) is 9.14. The average Bonchev–Trinajstić information content (AvgIpc) is 2.48. The van der Waals surface area contributed by atoms with Crippen molar-refractivity contribution in [3.63, 3.8) is 0 Å². The predicted molar refractivity (Wildman–Crippen MR) is 51.6 cm³/mol. The van der Waals surface area contributed by atoms with E-state index in [9.17, 15) is 0 Å². The molecule has 68 valence electrons. The molecule has 0 N–H and O–H groups in total. The van der Waals surface area contributed by atoms with E-state index in [0.29, 0.717) is 5.92 Å². The van der Waals surface area contributed by atoms with E-state index in [1.54, 1.807) is 0 Å². The molecule has 2 atom stereocenters. The first-order chi connectivity index (χ1) is 5.66. The molecule has 0 aliphatic rings. The number of alkyl halides is 1. The summed E-state index contributed by atoms with van der Waals surface area (Å²) in [7, 11) is 2.00. The lowest BCUT2D eigenvalue weighted by atomic mass is 10.1. The van der Waals surface area contributed by atoms with Gasteiger partial charge in [-0.1, -0.05) is 13.8 Å². The number of aryl methyl sites for hydroxylation is 1. The highest BCUT2D eigenvalue weighted by molar-refractivity contribution is 6.21. The largest absolute Gasteiger partial charge is 0.338 e. The molecule has 0 bridgehead atoms. The summed E-state index contributed by atoms with van der Waals surface area (Å²) in [5.41, 5.74) is 0. The Hall–Kier alpha value is -0.500. The van der Waals surface area contributed by atoms with Crippen molar-refractivity contribution in [2.75, 3.05) is 0 Å². The molecule has 1 rings (SSSR count). The van der Waals surface area contributed by atoms with E-state index in [0.717, 1.165) is 12.2 Å². The lowest BCUT2D eigenvalue weighted by Gasteiger charge is -2.15. The molecule has 0 radical (unpaired) electrons. The van der Waals surface area contributed by atoms with Crippen LogP contribution in [-0.4, -0.2) is 14.9 Å². The fourth-order valence-corrected chi connectivity index (χ4v) is 1.44. The summed E-state index contributed by atoms with van der Waals surface area (Å²) < 4.78 is 2.02. The van der Waals surface area contributed by atoms with Gasteiger partial charge in [-0.05, 0) is 6.42 Å². The SMILES string of the molecule is CCC(Cl)C(C)c1nccn1C. The van der Waals surface area contributed by atoms with Gasteiger partial charge >= 0.3 is 0 Å². The first-order valence-electron chi connectivity index (χ1n) is 4.28. The molecule has 1 heterocycles. The highest BCUT2D eigenvalue weighted by atomic mass is 35.5. The van der Waals surface area contributed by atoms with Crippen LogP contribution in [0.25, 0.3) is 0 Å². The minimum absolute atomic E-state index is 0.186. The van der Waals surface area contributed by atoms with Gasteiger partial charge in [-0.3, -0.25) is 0 Å². The van der Waals surface area contributed by atoms with E-state index >= 15 is 0 Å². The maximum Gasteiger partial charge on any atom is 0.112 e. The number of hydrogen-bond acceptors (Lipinski definition) is 1. The van der Waals surface area contributed by atoms with Gasteiger partial charge in [0.25, 0.3) is 0 Å². The van der Waals surface area contributed by atoms with Gasteiger partial charge in [0.05, 0.1) is 0 Å². The molecule has 0 fully saturated rings. The van der Waals surface area contributed by atoms with Crippen LogP contribution in [0.3, 0.4) is 0 Å².